The van der Waals surface area contributed by atoms with E-state index in [4.69, 9.17) is 4.74 Å². The Bertz CT molecular complexity index is 260. The van der Waals surface area contributed by atoms with Crippen molar-refractivity contribution < 1.29 is 14.6 Å². The summed E-state index contributed by atoms with van der Waals surface area (Å²) >= 11 is 0. The predicted octanol–water partition coefficient (Wildman–Crippen LogP) is 1.86. The third-order valence-corrected chi connectivity index (χ3v) is 3.99. The van der Waals surface area contributed by atoms with Crippen LogP contribution in [0.3, 0.4) is 0 Å². The Morgan fingerprint density at radius 2 is 2.06 bits per heavy atom. The highest BCUT2D eigenvalue weighted by Crippen LogP contribution is 2.33. The maximum Gasteiger partial charge on any atom is 0.322 e. The summed E-state index contributed by atoms with van der Waals surface area (Å²) in [5, 5.41) is 13.5. The fourth-order valence-corrected chi connectivity index (χ4v) is 2.49. The molecular weight excluding hydrogens is 230 g/mol. The summed E-state index contributed by atoms with van der Waals surface area (Å²) in [6, 6.07) is -0.349. The lowest BCUT2D eigenvalue weighted by Gasteiger charge is -2.36. The molecule has 1 unspecified atom stereocenters. The molecule has 1 rings (SSSR count). The summed E-state index contributed by atoms with van der Waals surface area (Å²) in [6.07, 6.45) is 5.02. The van der Waals surface area contributed by atoms with E-state index >= 15 is 0 Å². The predicted molar refractivity (Wildman–Crippen MR) is 71.3 cm³/mol. The second kappa shape index (κ2) is 7.10. The highest BCUT2D eigenvalue weighted by Gasteiger charge is 2.33. The molecule has 0 bridgehead atoms. The maximum atomic E-state index is 11.5. The minimum atomic E-state index is -0.646. The molecule has 0 aromatic rings. The quantitative estimate of drug-likeness (QED) is 0.713. The first-order chi connectivity index (χ1) is 8.50. The third-order valence-electron chi connectivity index (χ3n) is 3.99. The monoisotopic (exact) mass is 257 g/mol. The molecule has 1 saturated carbocycles. The van der Waals surface area contributed by atoms with Gasteiger partial charge in [-0.05, 0) is 45.4 Å². The zero-order valence-electron chi connectivity index (χ0n) is 11.9. The fraction of sp³-hybridized carbons (Fsp3) is 0.929. The molecule has 1 aliphatic rings. The van der Waals surface area contributed by atoms with E-state index in [0.29, 0.717) is 13.2 Å². The smallest absolute Gasteiger partial charge is 0.322 e. The van der Waals surface area contributed by atoms with Crippen molar-refractivity contribution in [2.45, 2.75) is 64.5 Å². The Balaban J connectivity index is 2.32. The van der Waals surface area contributed by atoms with Crippen LogP contribution in [0.1, 0.15) is 52.9 Å². The van der Waals surface area contributed by atoms with E-state index in [9.17, 15) is 9.90 Å². The van der Waals surface area contributed by atoms with E-state index in [2.05, 4.69) is 12.2 Å². The van der Waals surface area contributed by atoms with E-state index in [1.54, 1.807) is 13.8 Å². The van der Waals surface area contributed by atoms with Crippen LogP contribution < -0.4 is 5.32 Å². The molecular formula is C14H27NO3. The maximum absolute atomic E-state index is 11.5. The Kier molecular flexibility index (Phi) is 6.09. The number of nitrogens with one attached hydrogen (secondary N) is 1. The summed E-state index contributed by atoms with van der Waals surface area (Å²) in [6.45, 7) is 6.65. The lowest BCUT2D eigenvalue weighted by molar-refractivity contribution is -0.145. The van der Waals surface area contributed by atoms with Gasteiger partial charge in [-0.15, -0.1) is 0 Å². The average molecular weight is 257 g/mol. The summed E-state index contributed by atoms with van der Waals surface area (Å²) in [4.78, 5) is 11.5. The second-order valence-corrected chi connectivity index (χ2v) is 5.43. The van der Waals surface area contributed by atoms with Gasteiger partial charge < -0.3 is 15.2 Å². The van der Waals surface area contributed by atoms with E-state index in [1.165, 1.54) is 6.42 Å². The van der Waals surface area contributed by atoms with Gasteiger partial charge in [0.25, 0.3) is 0 Å². The first kappa shape index (κ1) is 15.4. The normalized spacial score (nSPS) is 29.9. The van der Waals surface area contributed by atoms with Gasteiger partial charge in [0.1, 0.15) is 6.04 Å². The van der Waals surface area contributed by atoms with Crippen molar-refractivity contribution in [3.63, 3.8) is 0 Å². The van der Waals surface area contributed by atoms with Crippen molar-refractivity contribution in [1.29, 1.82) is 0 Å². The molecule has 4 heteroatoms. The van der Waals surface area contributed by atoms with Gasteiger partial charge in [0.15, 0.2) is 0 Å². The Morgan fingerprint density at radius 3 is 2.56 bits per heavy atom. The Hall–Kier alpha value is -0.610. The van der Waals surface area contributed by atoms with Crippen molar-refractivity contribution >= 4 is 5.97 Å². The van der Waals surface area contributed by atoms with E-state index in [1.807, 2.05) is 0 Å². The summed E-state index contributed by atoms with van der Waals surface area (Å²) in [7, 11) is 0. The number of hydrogen-bond donors (Lipinski definition) is 2. The van der Waals surface area contributed by atoms with Crippen LogP contribution in [0, 0.1) is 5.92 Å². The molecule has 0 heterocycles. The highest BCUT2D eigenvalue weighted by molar-refractivity contribution is 5.75. The lowest BCUT2D eigenvalue weighted by Crippen LogP contribution is -2.48. The summed E-state index contributed by atoms with van der Waals surface area (Å²) in [5.41, 5.74) is -0.646. The number of hydrogen-bond acceptors (Lipinski definition) is 4. The van der Waals surface area contributed by atoms with Crippen molar-refractivity contribution in [2.24, 2.45) is 5.92 Å². The molecule has 18 heavy (non-hydrogen) atoms. The van der Waals surface area contributed by atoms with Gasteiger partial charge in [0.05, 0.1) is 12.2 Å². The van der Waals surface area contributed by atoms with Crippen LogP contribution in [-0.2, 0) is 9.53 Å². The number of carbonyl (C=O) groups is 1. The number of carbonyl (C=O) groups excluding carboxylic acids is 1. The van der Waals surface area contributed by atoms with Crippen LogP contribution in [0.25, 0.3) is 0 Å². The van der Waals surface area contributed by atoms with Crippen molar-refractivity contribution in [3.05, 3.63) is 0 Å². The second-order valence-electron chi connectivity index (χ2n) is 5.43. The molecule has 0 aliphatic heterocycles. The zero-order valence-corrected chi connectivity index (χ0v) is 11.9. The van der Waals surface area contributed by atoms with Crippen LogP contribution in [0.15, 0.2) is 0 Å². The highest BCUT2D eigenvalue weighted by atomic mass is 16.5. The summed E-state index contributed by atoms with van der Waals surface area (Å²) < 4.78 is 4.93. The molecule has 0 aromatic carbocycles. The van der Waals surface area contributed by atoms with E-state index in [-0.39, 0.29) is 12.0 Å². The lowest BCUT2D eigenvalue weighted by atomic mass is 9.78. The molecule has 106 valence electrons. The van der Waals surface area contributed by atoms with Gasteiger partial charge in [-0.25, -0.2) is 0 Å². The van der Waals surface area contributed by atoms with Crippen LogP contribution in [0.4, 0.5) is 0 Å². The van der Waals surface area contributed by atoms with E-state index in [0.717, 1.165) is 31.6 Å². The molecule has 1 atom stereocenters. The van der Waals surface area contributed by atoms with Gasteiger partial charge in [-0.2, -0.15) is 0 Å². The van der Waals surface area contributed by atoms with E-state index < -0.39 is 5.60 Å². The van der Waals surface area contributed by atoms with Crippen LogP contribution in [0.2, 0.25) is 0 Å². The van der Waals surface area contributed by atoms with Gasteiger partial charge >= 0.3 is 5.97 Å². The minimum Gasteiger partial charge on any atom is -0.465 e. The molecule has 1 fully saturated rings. The molecule has 0 amide bonds. The van der Waals surface area contributed by atoms with Gasteiger partial charge in [-0.3, -0.25) is 4.79 Å². The molecule has 2 N–H and O–H groups in total. The SMILES string of the molecule is CCOC(=O)C(C)NCC1(O)CCC(CC)CC1. The zero-order chi connectivity index (χ0) is 13.6. The van der Waals surface area contributed by atoms with Crippen LogP contribution in [0.5, 0.6) is 0 Å². The first-order valence-electron chi connectivity index (χ1n) is 7.13. The van der Waals surface area contributed by atoms with Crippen molar-refractivity contribution in [2.75, 3.05) is 13.2 Å². The summed E-state index contributed by atoms with van der Waals surface area (Å²) in [5.74, 6) is 0.510. The molecule has 4 nitrogen and oxygen atoms in total. The third kappa shape index (κ3) is 4.58. The number of esters is 1. The number of ether oxygens (including phenoxy) is 1. The first-order valence-corrected chi connectivity index (χ1v) is 7.13. The molecule has 0 radical (unpaired) electrons. The Morgan fingerprint density at radius 1 is 1.44 bits per heavy atom. The van der Waals surface area contributed by atoms with Crippen molar-refractivity contribution in [3.8, 4) is 0 Å². The van der Waals surface area contributed by atoms with Gasteiger partial charge in [0, 0.05) is 6.54 Å². The fourth-order valence-electron chi connectivity index (χ4n) is 2.49. The topological polar surface area (TPSA) is 58.6 Å². The van der Waals surface area contributed by atoms with Gasteiger partial charge in [-0.1, -0.05) is 13.3 Å². The number of aliphatic hydroxyl groups is 1. The molecule has 0 spiro atoms. The Labute approximate surface area is 110 Å². The standard InChI is InChI=1S/C14H27NO3/c1-4-12-6-8-14(17,9-7-12)10-15-11(3)13(16)18-5-2/h11-12,15,17H,4-10H2,1-3H3. The average Bonchev–Trinajstić information content (AvgIpc) is 2.37. The largest absolute Gasteiger partial charge is 0.465 e. The number of rotatable bonds is 6. The van der Waals surface area contributed by atoms with Crippen molar-refractivity contribution in [1.82, 2.24) is 5.32 Å². The molecule has 1 aliphatic carbocycles. The minimum absolute atomic E-state index is 0.247. The van der Waals surface area contributed by atoms with Crippen LogP contribution in [-0.4, -0.2) is 35.9 Å². The van der Waals surface area contributed by atoms with Gasteiger partial charge in [0.2, 0.25) is 0 Å². The molecule has 0 aromatic heterocycles. The van der Waals surface area contributed by atoms with Crippen LogP contribution >= 0.6 is 0 Å². The molecule has 0 saturated heterocycles.